The molecule has 0 bridgehead atoms. The summed E-state index contributed by atoms with van der Waals surface area (Å²) < 4.78 is 82.2. The minimum atomic E-state index is -4.45. The molecule has 0 fully saturated rings. The van der Waals surface area contributed by atoms with Gasteiger partial charge in [0.15, 0.2) is 9.84 Å². The molecular formula is C47H39F3O12S. The first kappa shape index (κ1) is 45.3. The zero-order chi connectivity index (χ0) is 45.1. The zero-order valence-electron chi connectivity index (χ0n) is 33.2. The average molecular weight is 885 g/mol. The molecule has 63 heavy (non-hydrogen) atoms. The smallest absolute Gasteiger partial charge is 0.392 e. The van der Waals surface area contributed by atoms with Crippen LogP contribution >= 0.6 is 0 Å². The van der Waals surface area contributed by atoms with Gasteiger partial charge in [-0.2, -0.15) is 13.2 Å². The second kappa shape index (κ2) is 20.1. The number of rotatable bonds is 14. The van der Waals surface area contributed by atoms with Gasteiger partial charge in [-0.1, -0.05) is 103 Å². The summed E-state index contributed by atoms with van der Waals surface area (Å²) in [5.74, 6) is -4.40. The van der Waals surface area contributed by atoms with Crippen LogP contribution in [0.25, 0.3) is 21.9 Å². The SMILES string of the molecule is O=C(CC(c1ccccc1)c1c(O)c2ccccc2oc1=O)OCCC(F)(F)F.O=C(CC(c1ccccc1)c1c(O)c2ccccc2oc1=O)OCCS(=O)(=O)c1ccccc1. The quantitative estimate of drug-likeness (QED) is 0.0784. The Labute approximate surface area is 357 Å². The van der Waals surface area contributed by atoms with Crippen molar-refractivity contribution in [3.63, 3.8) is 0 Å². The monoisotopic (exact) mass is 884 g/mol. The highest BCUT2D eigenvalue weighted by atomic mass is 32.2. The van der Waals surface area contributed by atoms with E-state index in [0.717, 1.165) is 0 Å². The minimum absolute atomic E-state index is 0.0567. The Bertz CT molecular complexity index is 2920. The third-order valence-corrected chi connectivity index (χ3v) is 11.5. The maximum absolute atomic E-state index is 12.8. The molecule has 7 aromatic rings. The molecule has 5 aromatic carbocycles. The summed E-state index contributed by atoms with van der Waals surface area (Å²) in [5, 5.41) is 22.2. The van der Waals surface area contributed by atoms with Gasteiger partial charge in [-0.3, -0.25) is 9.59 Å². The highest BCUT2D eigenvalue weighted by Crippen LogP contribution is 2.38. The number of fused-ring (bicyclic) bond motifs is 2. The van der Waals surface area contributed by atoms with E-state index < -0.39 is 70.5 Å². The first-order valence-electron chi connectivity index (χ1n) is 19.4. The van der Waals surface area contributed by atoms with Crippen molar-refractivity contribution in [3.8, 4) is 11.5 Å². The van der Waals surface area contributed by atoms with Crippen LogP contribution in [0.2, 0.25) is 0 Å². The molecule has 0 aliphatic heterocycles. The summed E-state index contributed by atoms with van der Waals surface area (Å²) in [5.41, 5.74) is -0.274. The second-order valence-electron chi connectivity index (χ2n) is 14.1. The molecule has 0 saturated heterocycles. The number of carbonyl (C=O) groups is 2. The van der Waals surface area contributed by atoms with Crippen molar-refractivity contribution in [1.29, 1.82) is 0 Å². The lowest BCUT2D eigenvalue weighted by molar-refractivity contribution is -0.159. The zero-order valence-corrected chi connectivity index (χ0v) is 34.0. The lowest BCUT2D eigenvalue weighted by Crippen LogP contribution is -2.20. The topological polar surface area (TPSA) is 188 Å². The van der Waals surface area contributed by atoms with E-state index in [9.17, 15) is 51.0 Å². The number of para-hydroxylation sites is 2. The van der Waals surface area contributed by atoms with Crippen LogP contribution in [0.4, 0.5) is 13.2 Å². The van der Waals surface area contributed by atoms with E-state index in [1.165, 1.54) is 18.2 Å². The van der Waals surface area contributed by atoms with Crippen molar-refractivity contribution >= 4 is 43.7 Å². The van der Waals surface area contributed by atoms with E-state index >= 15 is 0 Å². The average Bonchev–Trinajstić information content (AvgIpc) is 3.26. The fraction of sp³-hybridized carbons (Fsp3) is 0.191. The predicted molar refractivity (Wildman–Crippen MR) is 225 cm³/mol. The fourth-order valence-corrected chi connectivity index (χ4v) is 7.91. The summed E-state index contributed by atoms with van der Waals surface area (Å²) in [6.45, 7) is -1.15. The van der Waals surface area contributed by atoms with Gasteiger partial charge in [0.05, 0.1) is 58.4 Å². The van der Waals surface area contributed by atoms with E-state index in [4.69, 9.17) is 13.6 Å². The molecule has 0 aliphatic carbocycles. The van der Waals surface area contributed by atoms with Gasteiger partial charge in [-0.05, 0) is 47.5 Å². The standard InChI is InChI=1S/C26H22O7S.C21H17F3O5/c27-23(32-15-16-34(30,31)19-11-5-2-6-12-19)17-21(18-9-3-1-4-10-18)24-25(28)20-13-7-8-14-22(20)33-26(24)29;22-21(23,24)10-11-28-17(25)12-15(13-6-2-1-3-7-13)18-19(26)14-8-4-5-9-16(14)29-20(18)27/h1-14,21,28H,15-17H2;1-9,15,26H,10-12H2. The highest BCUT2D eigenvalue weighted by molar-refractivity contribution is 7.91. The van der Waals surface area contributed by atoms with Gasteiger partial charge in [-0.25, -0.2) is 18.0 Å². The Morgan fingerprint density at radius 1 is 0.571 bits per heavy atom. The molecule has 7 rings (SSSR count). The normalized spacial score (nSPS) is 12.5. The van der Waals surface area contributed by atoms with Crippen molar-refractivity contribution in [1.82, 2.24) is 0 Å². The van der Waals surface area contributed by atoms with Gasteiger partial charge in [0.25, 0.3) is 0 Å². The van der Waals surface area contributed by atoms with Gasteiger partial charge in [0.2, 0.25) is 0 Å². The van der Waals surface area contributed by atoms with Crippen LogP contribution in [0, 0.1) is 0 Å². The number of alkyl halides is 3. The molecule has 0 amide bonds. The van der Waals surface area contributed by atoms with Crippen LogP contribution in [-0.4, -0.2) is 55.7 Å². The molecule has 12 nitrogen and oxygen atoms in total. The molecule has 2 atom stereocenters. The maximum Gasteiger partial charge on any atom is 0.392 e. The Morgan fingerprint density at radius 2 is 0.952 bits per heavy atom. The van der Waals surface area contributed by atoms with E-state index in [0.29, 0.717) is 16.5 Å². The molecule has 0 saturated carbocycles. The first-order chi connectivity index (χ1) is 30.1. The Kier molecular flexibility index (Phi) is 14.5. The first-order valence-corrected chi connectivity index (χ1v) is 21.0. The number of aromatic hydroxyl groups is 2. The number of hydrogen-bond donors (Lipinski definition) is 2. The van der Waals surface area contributed by atoms with Gasteiger partial charge in [0.1, 0.15) is 29.3 Å². The maximum atomic E-state index is 12.8. The summed E-state index contributed by atoms with van der Waals surface area (Å²) in [6.07, 6.45) is -6.43. The highest BCUT2D eigenvalue weighted by Gasteiger charge is 2.31. The molecule has 0 radical (unpaired) electrons. The summed E-state index contributed by atoms with van der Waals surface area (Å²) in [4.78, 5) is 50.4. The molecular weight excluding hydrogens is 846 g/mol. The molecule has 2 unspecified atom stereocenters. The number of carbonyl (C=O) groups excluding carboxylic acids is 2. The van der Waals surface area contributed by atoms with E-state index in [2.05, 4.69) is 4.74 Å². The summed E-state index contributed by atoms with van der Waals surface area (Å²) in [6, 6.07) is 37.9. The number of ether oxygens (including phenoxy) is 2. The van der Waals surface area contributed by atoms with Gasteiger partial charge in [0, 0.05) is 11.8 Å². The Morgan fingerprint density at radius 3 is 1.38 bits per heavy atom. The molecule has 2 aromatic heterocycles. The molecule has 0 aliphatic rings. The lowest BCUT2D eigenvalue weighted by Gasteiger charge is -2.18. The van der Waals surface area contributed by atoms with Gasteiger partial charge < -0.3 is 28.5 Å². The Hall–Kier alpha value is -7.20. The number of halogens is 3. The fourth-order valence-electron chi connectivity index (χ4n) is 6.80. The van der Waals surface area contributed by atoms with Crippen molar-refractivity contribution in [2.45, 2.75) is 42.2 Å². The number of hydrogen-bond acceptors (Lipinski definition) is 12. The molecule has 2 N–H and O–H groups in total. The molecule has 2 heterocycles. The summed E-state index contributed by atoms with van der Waals surface area (Å²) >= 11 is 0. The lowest BCUT2D eigenvalue weighted by atomic mass is 9.88. The summed E-state index contributed by atoms with van der Waals surface area (Å²) in [7, 11) is -3.61. The van der Waals surface area contributed by atoms with Crippen LogP contribution in [-0.2, 0) is 28.9 Å². The van der Waals surface area contributed by atoms with Gasteiger partial charge >= 0.3 is 29.4 Å². The van der Waals surface area contributed by atoms with E-state index in [1.54, 1.807) is 121 Å². The predicted octanol–water partition coefficient (Wildman–Crippen LogP) is 8.55. The molecule has 0 spiro atoms. The van der Waals surface area contributed by atoms with E-state index in [-0.39, 0.29) is 62.9 Å². The van der Waals surface area contributed by atoms with Crippen molar-refractivity contribution < 1.29 is 59.7 Å². The van der Waals surface area contributed by atoms with Crippen molar-refractivity contribution in [2.24, 2.45) is 0 Å². The molecule has 326 valence electrons. The number of esters is 2. The van der Waals surface area contributed by atoms with Gasteiger partial charge in [-0.15, -0.1) is 0 Å². The van der Waals surface area contributed by atoms with Crippen LogP contribution in [0.3, 0.4) is 0 Å². The van der Waals surface area contributed by atoms with Crippen LogP contribution < -0.4 is 11.3 Å². The number of sulfone groups is 1. The van der Waals surface area contributed by atoms with Crippen molar-refractivity contribution in [3.05, 3.63) is 183 Å². The third kappa shape index (κ3) is 11.6. The van der Waals surface area contributed by atoms with Crippen LogP contribution in [0.15, 0.2) is 163 Å². The van der Waals surface area contributed by atoms with Crippen LogP contribution in [0.1, 0.15) is 53.4 Å². The largest absolute Gasteiger partial charge is 0.507 e. The van der Waals surface area contributed by atoms with E-state index in [1.807, 2.05) is 0 Å². The number of benzene rings is 5. The minimum Gasteiger partial charge on any atom is -0.507 e. The van der Waals surface area contributed by atoms with Crippen LogP contribution in [0.5, 0.6) is 11.5 Å². The second-order valence-corrected chi connectivity index (χ2v) is 16.2. The molecule has 16 heteroatoms. The third-order valence-electron chi connectivity index (χ3n) is 9.85. The Balaban J connectivity index is 0.000000213. The van der Waals surface area contributed by atoms with Crippen molar-refractivity contribution in [2.75, 3.05) is 19.0 Å².